The van der Waals surface area contributed by atoms with Gasteiger partial charge in [0.25, 0.3) is 5.19 Å². The Balaban J connectivity index is 1.31. The third-order valence-corrected chi connectivity index (χ3v) is 9.89. The van der Waals surface area contributed by atoms with Crippen LogP contribution in [0.1, 0.15) is 56.1 Å². The Hall–Kier alpha value is -4.20. The summed E-state index contributed by atoms with van der Waals surface area (Å²) >= 11 is 1.32. The van der Waals surface area contributed by atoms with E-state index in [0.29, 0.717) is 30.5 Å². The lowest BCUT2D eigenvalue weighted by Gasteiger charge is -2.30. The Morgan fingerprint density at radius 3 is 2.74 bits per heavy atom. The molecule has 0 bridgehead atoms. The van der Waals surface area contributed by atoms with Crippen LogP contribution in [0.3, 0.4) is 0 Å². The van der Waals surface area contributed by atoms with Crippen molar-refractivity contribution in [1.29, 1.82) is 0 Å². The van der Waals surface area contributed by atoms with Gasteiger partial charge in [0.15, 0.2) is 0 Å². The van der Waals surface area contributed by atoms with E-state index in [9.17, 15) is 37.1 Å². The lowest BCUT2D eigenvalue weighted by molar-refractivity contribution is -0.145. The second-order valence-corrected chi connectivity index (χ2v) is 13.5. The normalized spacial score (nSPS) is 27.6. The van der Waals surface area contributed by atoms with E-state index in [2.05, 4.69) is 15.6 Å². The number of carboxylic acids is 1. The largest absolute Gasteiger partial charge is 0.479 e. The highest BCUT2D eigenvalue weighted by atomic mass is 32.1. The van der Waals surface area contributed by atoms with Gasteiger partial charge in [-0.1, -0.05) is 42.4 Å². The molecule has 0 spiro atoms. The Labute approximate surface area is 272 Å². The summed E-state index contributed by atoms with van der Waals surface area (Å²) in [5.41, 5.74) is -1.15. The number of carboxylic acid groups (broad SMARTS) is 1. The van der Waals surface area contributed by atoms with Gasteiger partial charge in [-0.15, -0.1) is 0 Å². The molecular weight excluding hydrogens is 640 g/mol. The van der Waals surface area contributed by atoms with E-state index in [1.54, 1.807) is 6.08 Å². The fourth-order valence-corrected chi connectivity index (χ4v) is 7.37. The van der Waals surface area contributed by atoms with Crippen molar-refractivity contribution in [3.8, 4) is 5.19 Å². The highest BCUT2D eigenvalue weighted by Gasteiger charge is 2.61. The molecule has 0 unspecified atom stereocenters. The number of aromatic nitrogens is 1. The molecule has 1 aliphatic carbocycles. The number of carbonyl (C=O) groups excluding carboxylic acids is 2. The summed E-state index contributed by atoms with van der Waals surface area (Å²) in [5, 5.41) is 15.9. The smallest absolute Gasteiger partial charge is 0.416 e. The second-order valence-electron chi connectivity index (χ2n) is 12.5. The van der Waals surface area contributed by atoms with E-state index in [4.69, 9.17) is 4.74 Å². The maximum Gasteiger partial charge on any atom is 0.416 e. The number of nitrogens with one attached hydrogen (secondary N) is 2. The fraction of sp³-hybridized carbons (Fsp3) is 0.455. The summed E-state index contributed by atoms with van der Waals surface area (Å²) in [6.07, 6.45) is 1.26. The van der Waals surface area contributed by atoms with E-state index < -0.39 is 65.0 Å². The molecule has 3 N–H and O–H groups in total. The number of aliphatic carboxylic acids is 1. The van der Waals surface area contributed by atoms with Crippen LogP contribution in [0, 0.1) is 18.7 Å². The number of amides is 2. The fourth-order valence-electron chi connectivity index (χ4n) is 6.39. The van der Waals surface area contributed by atoms with Gasteiger partial charge in [-0.05, 0) is 68.5 Å². The molecule has 2 amide bonds. The van der Waals surface area contributed by atoms with Crippen LogP contribution in [0.5, 0.6) is 5.19 Å². The number of thiazole rings is 1. The van der Waals surface area contributed by atoms with Gasteiger partial charge in [0.05, 0.1) is 22.3 Å². The van der Waals surface area contributed by atoms with Crippen LogP contribution >= 0.6 is 11.3 Å². The summed E-state index contributed by atoms with van der Waals surface area (Å²) in [6, 6.07) is 5.54. The van der Waals surface area contributed by atoms with Crippen LogP contribution < -0.4 is 15.4 Å². The topological polar surface area (TPSA) is 121 Å². The van der Waals surface area contributed by atoms with Crippen LogP contribution in [0.25, 0.3) is 10.2 Å². The van der Waals surface area contributed by atoms with Crippen molar-refractivity contribution < 1.29 is 41.8 Å². The van der Waals surface area contributed by atoms with Gasteiger partial charge in [0, 0.05) is 18.0 Å². The number of carbonyl (C=O) groups is 3. The van der Waals surface area contributed by atoms with Crippen LogP contribution in [0.4, 0.5) is 23.2 Å². The van der Waals surface area contributed by atoms with Crippen molar-refractivity contribution in [3.05, 3.63) is 65.5 Å². The number of allylic oxidation sites excluding steroid dienone is 1. The number of benzene rings is 2. The third-order valence-electron chi connectivity index (χ3n) is 8.98. The summed E-state index contributed by atoms with van der Waals surface area (Å²) in [4.78, 5) is 46.2. The number of halogens is 4. The minimum atomic E-state index is -4.80. The molecule has 14 heteroatoms. The predicted molar refractivity (Wildman–Crippen MR) is 167 cm³/mol. The SMILES string of the molecule is Cc1ccc2nc(O[C@@H]3C[C@H]4C(=O)N[C@]5(C(=O)O)C[C@H]5/C=C\CCCCC[C@H](Nc5cc(F)cc(C(F)(F)F)c5)C(=O)N4C3)sc2c1. The van der Waals surface area contributed by atoms with E-state index in [-0.39, 0.29) is 31.5 Å². The van der Waals surface area contributed by atoms with E-state index >= 15 is 0 Å². The molecule has 2 fully saturated rings. The van der Waals surface area contributed by atoms with E-state index in [0.717, 1.165) is 34.3 Å². The zero-order valence-electron chi connectivity index (χ0n) is 25.5. The molecule has 6 rings (SSSR count). The number of fused-ring (bicyclic) bond motifs is 3. The van der Waals surface area contributed by atoms with Crippen LogP contribution in [0.2, 0.25) is 0 Å². The molecule has 1 aromatic heterocycles. The lowest BCUT2D eigenvalue weighted by atomic mass is 10.0. The number of hydrogen-bond acceptors (Lipinski definition) is 7. The van der Waals surface area contributed by atoms with Gasteiger partial charge in [0.2, 0.25) is 11.8 Å². The maximum absolute atomic E-state index is 14.3. The molecule has 0 radical (unpaired) electrons. The first-order valence-electron chi connectivity index (χ1n) is 15.5. The molecule has 3 heterocycles. The average Bonchev–Trinajstić information content (AvgIpc) is 3.32. The molecule has 1 saturated carbocycles. The number of ether oxygens (including phenoxy) is 1. The van der Waals surface area contributed by atoms with Crippen molar-refractivity contribution in [2.45, 2.75) is 81.8 Å². The van der Waals surface area contributed by atoms with Gasteiger partial charge in [-0.2, -0.15) is 13.2 Å². The van der Waals surface area contributed by atoms with Crippen molar-refractivity contribution in [1.82, 2.24) is 15.2 Å². The molecule has 5 atom stereocenters. The first-order chi connectivity index (χ1) is 22.3. The second kappa shape index (κ2) is 12.8. The Kier molecular flexibility index (Phi) is 8.90. The Bertz CT molecular complexity index is 1730. The van der Waals surface area contributed by atoms with Gasteiger partial charge < -0.3 is 25.4 Å². The van der Waals surface area contributed by atoms with Crippen molar-refractivity contribution >= 4 is 45.0 Å². The number of anilines is 1. The zero-order chi connectivity index (χ0) is 33.5. The van der Waals surface area contributed by atoms with E-state index in [1.165, 1.54) is 16.2 Å². The molecule has 1 saturated heterocycles. The average molecular weight is 675 g/mol. The summed E-state index contributed by atoms with van der Waals surface area (Å²) in [7, 11) is 0. The monoisotopic (exact) mass is 674 g/mol. The summed E-state index contributed by atoms with van der Waals surface area (Å²) in [6.45, 7) is 1.90. The molecule has 3 aromatic rings. The number of nitrogens with zero attached hydrogens (tertiary/aromatic N) is 2. The zero-order valence-corrected chi connectivity index (χ0v) is 26.3. The summed E-state index contributed by atoms with van der Waals surface area (Å²) < 4.78 is 61.8. The van der Waals surface area contributed by atoms with Crippen molar-refractivity contribution in [3.63, 3.8) is 0 Å². The number of alkyl halides is 3. The van der Waals surface area contributed by atoms with Gasteiger partial charge in [0.1, 0.15) is 29.5 Å². The molecule has 2 aromatic carbocycles. The number of rotatable bonds is 5. The van der Waals surface area contributed by atoms with Crippen LogP contribution in [-0.4, -0.2) is 63.0 Å². The highest BCUT2D eigenvalue weighted by molar-refractivity contribution is 7.20. The Morgan fingerprint density at radius 1 is 1.17 bits per heavy atom. The minimum Gasteiger partial charge on any atom is -0.479 e. The van der Waals surface area contributed by atoms with Crippen molar-refractivity contribution in [2.75, 3.05) is 11.9 Å². The third kappa shape index (κ3) is 7.07. The predicted octanol–water partition coefficient (Wildman–Crippen LogP) is 6.07. The molecule has 2 aliphatic heterocycles. The molecular formula is C33H34F4N4O5S. The molecule has 250 valence electrons. The highest BCUT2D eigenvalue weighted by Crippen LogP contribution is 2.45. The van der Waals surface area contributed by atoms with Gasteiger partial charge >= 0.3 is 12.1 Å². The number of aryl methyl sites for hydroxylation is 1. The van der Waals surface area contributed by atoms with Crippen LogP contribution in [-0.2, 0) is 20.6 Å². The standard InChI is InChI=1S/C33H34F4N4O5S/c1-18-9-10-24-27(11-18)47-31(39-24)46-23-15-26-28(42)40-32(30(44)45)16-19(32)7-5-3-2-4-6-8-25(29(43)41(26)17-23)38-22-13-20(33(35,36)37)12-21(34)14-22/h5,7,9-14,19,23,25-26,38H,2-4,6,8,15-17H2,1H3,(H,40,42)(H,44,45)/b7-5-/t19-,23-,25+,26+,32-/m1/s1. The van der Waals surface area contributed by atoms with Gasteiger partial charge in [-0.3, -0.25) is 9.59 Å². The minimum absolute atomic E-state index is 0.0354. The first-order valence-corrected chi connectivity index (χ1v) is 16.3. The van der Waals surface area contributed by atoms with Gasteiger partial charge in [-0.25, -0.2) is 14.2 Å². The lowest BCUT2D eigenvalue weighted by Crippen LogP contribution is -2.55. The first kappa shape index (κ1) is 32.7. The maximum atomic E-state index is 14.3. The molecule has 9 nitrogen and oxygen atoms in total. The van der Waals surface area contributed by atoms with Crippen molar-refractivity contribution in [2.24, 2.45) is 5.92 Å². The van der Waals surface area contributed by atoms with E-state index in [1.807, 2.05) is 31.2 Å². The molecule has 47 heavy (non-hydrogen) atoms. The van der Waals surface area contributed by atoms with Crippen LogP contribution in [0.15, 0.2) is 48.6 Å². The summed E-state index contributed by atoms with van der Waals surface area (Å²) in [5.74, 6) is -3.94. The number of hydrogen-bond donors (Lipinski definition) is 3. The quantitative estimate of drug-likeness (QED) is 0.222. The molecule has 3 aliphatic rings. The Morgan fingerprint density at radius 2 is 1.98 bits per heavy atom.